The number of carboxylic acid groups (broad SMARTS) is 1. The molecule has 0 bridgehead atoms. The summed E-state index contributed by atoms with van der Waals surface area (Å²) in [4.78, 5) is 10.0. The maximum absolute atomic E-state index is 10.0. The average Bonchev–Trinajstić information content (AvgIpc) is 1.82. The topological polar surface area (TPSA) is 63.3 Å². The van der Waals surface area contributed by atoms with Gasteiger partial charge in [-0.1, -0.05) is 19.8 Å². The summed E-state index contributed by atoms with van der Waals surface area (Å²) < 4.78 is 0. The fourth-order valence-electron chi connectivity index (χ4n) is 0.706. The van der Waals surface area contributed by atoms with Gasteiger partial charge in [-0.15, -0.1) is 0 Å². The normalized spacial score (nSPS) is 13.0. The molecule has 59 valence electrons. The molecule has 3 heteroatoms. The summed E-state index contributed by atoms with van der Waals surface area (Å²) in [6, 6.07) is -0.280. The average molecular weight is 144 g/mol. The van der Waals surface area contributed by atoms with Crippen LogP contribution in [0.15, 0.2) is 0 Å². The smallest absolute Gasteiger partial charge is 0.309 e. The van der Waals surface area contributed by atoms with E-state index in [1.165, 1.54) is 0 Å². The van der Waals surface area contributed by atoms with Gasteiger partial charge in [-0.25, -0.2) is 0 Å². The van der Waals surface area contributed by atoms with Crippen LogP contribution in [0.4, 0.5) is 0 Å². The summed E-state index contributed by atoms with van der Waals surface area (Å²) >= 11 is 0. The Morgan fingerprint density at radius 1 is 1.80 bits per heavy atom. The van der Waals surface area contributed by atoms with E-state index >= 15 is 0 Å². The second-order valence-electron chi connectivity index (χ2n) is 2.31. The lowest BCUT2D eigenvalue weighted by atomic mass is 10.1. The molecule has 1 radical (unpaired) electrons. The Morgan fingerprint density at radius 3 is 2.80 bits per heavy atom. The summed E-state index contributed by atoms with van der Waals surface area (Å²) in [6.07, 6.45) is 3.95. The molecular formula is C7H14NO2. The third-order valence-corrected chi connectivity index (χ3v) is 1.25. The number of nitrogens with two attached hydrogens (primary N) is 1. The van der Waals surface area contributed by atoms with Crippen molar-refractivity contribution in [2.24, 2.45) is 5.73 Å². The first-order chi connectivity index (χ1) is 4.66. The van der Waals surface area contributed by atoms with E-state index in [-0.39, 0.29) is 6.04 Å². The number of aliphatic carboxylic acids is 1. The van der Waals surface area contributed by atoms with Crippen LogP contribution in [-0.4, -0.2) is 17.1 Å². The van der Waals surface area contributed by atoms with Crippen LogP contribution in [0.1, 0.15) is 26.2 Å². The van der Waals surface area contributed by atoms with Gasteiger partial charge in [0.05, 0.1) is 6.42 Å². The van der Waals surface area contributed by atoms with Crippen molar-refractivity contribution in [3.63, 3.8) is 0 Å². The highest BCUT2D eigenvalue weighted by Crippen LogP contribution is 2.00. The second kappa shape index (κ2) is 5.23. The Labute approximate surface area is 61.2 Å². The monoisotopic (exact) mass is 144 g/mol. The van der Waals surface area contributed by atoms with Gasteiger partial charge in [0.15, 0.2) is 0 Å². The van der Waals surface area contributed by atoms with Crippen molar-refractivity contribution >= 4 is 5.97 Å². The molecule has 3 nitrogen and oxygen atoms in total. The van der Waals surface area contributed by atoms with Crippen molar-refractivity contribution in [2.45, 2.75) is 32.2 Å². The number of hydrogen-bond donors (Lipinski definition) is 2. The number of carboxylic acids is 1. The lowest BCUT2D eigenvalue weighted by molar-refractivity contribution is -0.133. The van der Waals surface area contributed by atoms with Crippen LogP contribution in [0, 0.1) is 6.42 Å². The van der Waals surface area contributed by atoms with Crippen LogP contribution in [0.5, 0.6) is 0 Å². The molecule has 0 spiro atoms. The minimum atomic E-state index is -0.927. The van der Waals surface area contributed by atoms with Gasteiger partial charge in [0, 0.05) is 6.04 Å². The van der Waals surface area contributed by atoms with E-state index in [1.807, 2.05) is 6.92 Å². The number of rotatable bonds is 5. The molecule has 0 aromatic carbocycles. The lowest BCUT2D eigenvalue weighted by Crippen LogP contribution is -2.24. The summed E-state index contributed by atoms with van der Waals surface area (Å²) in [7, 11) is 0. The molecule has 1 atom stereocenters. The second-order valence-corrected chi connectivity index (χ2v) is 2.31. The van der Waals surface area contributed by atoms with Gasteiger partial charge in [0.1, 0.15) is 0 Å². The van der Waals surface area contributed by atoms with Gasteiger partial charge in [-0.3, -0.25) is 4.79 Å². The third-order valence-electron chi connectivity index (χ3n) is 1.25. The van der Waals surface area contributed by atoms with E-state index in [1.54, 1.807) is 0 Å². The van der Waals surface area contributed by atoms with Crippen LogP contribution in [0.2, 0.25) is 0 Å². The highest BCUT2D eigenvalue weighted by Gasteiger charge is 2.06. The van der Waals surface area contributed by atoms with Gasteiger partial charge < -0.3 is 10.8 Å². The molecule has 3 N–H and O–H groups in total. The van der Waals surface area contributed by atoms with Crippen molar-refractivity contribution in [2.75, 3.05) is 0 Å². The zero-order valence-electron chi connectivity index (χ0n) is 6.21. The molecule has 0 aromatic heterocycles. The van der Waals surface area contributed by atoms with Crippen LogP contribution in [0.25, 0.3) is 0 Å². The Morgan fingerprint density at radius 2 is 2.40 bits per heavy atom. The van der Waals surface area contributed by atoms with E-state index < -0.39 is 5.97 Å². The van der Waals surface area contributed by atoms with Gasteiger partial charge >= 0.3 is 5.97 Å². The Balaban J connectivity index is 3.25. The van der Waals surface area contributed by atoms with E-state index in [0.717, 1.165) is 25.7 Å². The van der Waals surface area contributed by atoms with Gasteiger partial charge in [-0.2, -0.15) is 0 Å². The highest BCUT2D eigenvalue weighted by atomic mass is 16.4. The standard InChI is InChI=1S/C7H14NO2/c1-2-3-4-6(8)5-7(9)10/h5-6H,2-4,8H2,1H3,(H,9,10). The summed E-state index contributed by atoms with van der Waals surface area (Å²) in [5.41, 5.74) is 5.42. The highest BCUT2D eigenvalue weighted by molar-refractivity contribution is 5.77. The summed E-state index contributed by atoms with van der Waals surface area (Å²) in [6.45, 7) is 2.05. The first-order valence-corrected chi connectivity index (χ1v) is 3.50. The number of carbonyl (C=O) groups is 1. The van der Waals surface area contributed by atoms with Crippen LogP contribution < -0.4 is 5.73 Å². The van der Waals surface area contributed by atoms with Crippen LogP contribution in [0.3, 0.4) is 0 Å². The largest absolute Gasteiger partial charge is 0.481 e. The molecule has 0 aliphatic carbocycles. The van der Waals surface area contributed by atoms with Gasteiger partial charge in [0.25, 0.3) is 0 Å². The minimum Gasteiger partial charge on any atom is -0.481 e. The lowest BCUT2D eigenvalue weighted by Gasteiger charge is -2.05. The molecule has 0 heterocycles. The quantitative estimate of drug-likeness (QED) is 0.599. The zero-order valence-corrected chi connectivity index (χ0v) is 6.21. The van der Waals surface area contributed by atoms with Crippen LogP contribution in [-0.2, 0) is 4.79 Å². The zero-order chi connectivity index (χ0) is 7.98. The molecule has 10 heavy (non-hydrogen) atoms. The van der Waals surface area contributed by atoms with E-state index in [2.05, 4.69) is 0 Å². The van der Waals surface area contributed by atoms with E-state index in [9.17, 15) is 4.79 Å². The first kappa shape index (κ1) is 9.43. The molecular weight excluding hydrogens is 130 g/mol. The molecule has 0 fully saturated rings. The first-order valence-electron chi connectivity index (χ1n) is 3.50. The summed E-state index contributed by atoms with van der Waals surface area (Å²) in [5.74, 6) is -0.927. The molecule has 0 saturated carbocycles. The van der Waals surface area contributed by atoms with Crippen molar-refractivity contribution in [3.05, 3.63) is 6.42 Å². The number of unbranched alkanes of at least 4 members (excludes halogenated alkanes) is 1. The molecule has 0 amide bonds. The van der Waals surface area contributed by atoms with Crippen molar-refractivity contribution < 1.29 is 9.90 Å². The Hall–Kier alpha value is -0.570. The third kappa shape index (κ3) is 5.56. The van der Waals surface area contributed by atoms with E-state index in [0.29, 0.717) is 0 Å². The molecule has 0 aromatic rings. The molecule has 0 aliphatic heterocycles. The number of hydrogen-bond acceptors (Lipinski definition) is 2. The maximum Gasteiger partial charge on any atom is 0.309 e. The molecule has 0 rings (SSSR count). The van der Waals surface area contributed by atoms with Crippen molar-refractivity contribution in [1.29, 1.82) is 0 Å². The van der Waals surface area contributed by atoms with Crippen LogP contribution >= 0.6 is 0 Å². The predicted molar refractivity (Wildman–Crippen MR) is 39.4 cm³/mol. The Bertz CT molecular complexity index is 104. The maximum atomic E-state index is 10.0. The van der Waals surface area contributed by atoms with Crippen molar-refractivity contribution in [3.8, 4) is 0 Å². The Kier molecular flexibility index (Phi) is 4.94. The molecule has 0 saturated heterocycles. The molecule has 1 unspecified atom stereocenters. The SMILES string of the molecule is CCCCC(N)[CH]C(=O)O. The fraction of sp³-hybridized carbons (Fsp3) is 0.714. The van der Waals surface area contributed by atoms with Gasteiger partial charge in [-0.05, 0) is 6.42 Å². The van der Waals surface area contributed by atoms with E-state index in [4.69, 9.17) is 10.8 Å². The molecule has 0 aliphatic rings. The van der Waals surface area contributed by atoms with Gasteiger partial charge in [0.2, 0.25) is 0 Å². The summed E-state index contributed by atoms with van der Waals surface area (Å²) in [5, 5.41) is 8.25. The van der Waals surface area contributed by atoms with Crippen molar-refractivity contribution in [1.82, 2.24) is 0 Å². The minimum absolute atomic E-state index is 0.280. The predicted octanol–water partition coefficient (Wildman–Crippen LogP) is 0.793. The fourth-order valence-corrected chi connectivity index (χ4v) is 0.706.